The molecule has 0 saturated carbocycles. The maximum atomic E-state index is 12.5. The second-order valence-electron chi connectivity index (χ2n) is 6.78. The molecule has 0 aliphatic rings. The molecule has 174 valence electrons. The number of nitro groups is 1. The topological polar surface area (TPSA) is 138 Å². The van der Waals surface area contributed by atoms with Crippen LogP contribution in [0.15, 0.2) is 63.8 Å². The molecule has 3 rings (SSSR count). The number of esters is 1. The SMILES string of the molecule is CCOC(=O)c1cc(NC(=O)c2ccccc2)c(=O)oc1/C=C/c1cc(OC)ccc1[N+](=O)[O-]. The van der Waals surface area contributed by atoms with Gasteiger partial charge in [-0.1, -0.05) is 18.2 Å². The molecule has 3 aromatic rings. The molecule has 2 aromatic carbocycles. The molecule has 0 fully saturated rings. The van der Waals surface area contributed by atoms with E-state index < -0.39 is 22.4 Å². The van der Waals surface area contributed by atoms with Gasteiger partial charge in [0.25, 0.3) is 11.6 Å². The van der Waals surface area contributed by atoms with E-state index >= 15 is 0 Å². The molecule has 0 aliphatic carbocycles. The number of methoxy groups -OCH3 is 1. The van der Waals surface area contributed by atoms with Gasteiger partial charge in [0.05, 0.1) is 24.2 Å². The Hall–Kier alpha value is -4.73. The van der Waals surface area contributed by atoms with Crippen LogP contribution in [0.25, 0.3) is 12.2 Å². The number of nitrogens with zero attached hydrogens (tertiary/aromatic N) is 1. The Balaban J connectivity index is 2.03. The third-order valence-electron chi connectivity index (χ3n) is 4.60. The van der Waals surface area contributed by atoms with Crippen molar-refractivity contribution in [2.45, 2.75) is 6.92 Å². The number of rotatable bonds is 8. The third kappa shape index (κ3) is 5.54. The number of carbonyl (C=O) groups excluding carboxylic acids is 2. The van der Waals surface area contributed by atoms with E-state index in [0.29, 0.717) is 11.3 Å². The Labute approximate surface area is 193 Å². The molecular formula is C24H20N2O8. The molecule has 0 radical (unpaired) electrons. The first-order valence-electron chi connectivity index (χ1n) is 10.1. The summed E-state index contributed by atoms with van der Waals surface area (Å²) in [5.74, 6) is -1.20. The highest BCUT2D eigenvalue weighted by Gasteiger charge is 2.20. The van der Waals surface area contributed by atoms with Gasteiger partial charge >= 0.3 is 11.6 Å². The number of nitro benzene ring substituents is 1. The number of hydrogen-bond donors (Lipinski definition) is 1. The lowest BCUT2D eigenvalue weighted by Gasteiger charge is -2.09. The van der Waals surface area contributed by atoms with Gasteiger partial charge in [-0.25, -0.2) is 9.59 Å². The van der Waals surface area contributed by atoms with Gasteiger partial charge in [-0.2, -0.15) is 0 Å². The highest BCUT2D eigenvalue weighted by molar-refractivity contribution is 6.05. The first-order valence-corrected chi connectivity index (χ1v) is 10.1. The largest absolute Gasteiger partial charge is 0.497 e. The molecule has 0 saturated heterocycles. The number of carbonyl (C=O) groups is 2. The van der Waals surface area contributed by atoms with Crippen LogP contribution in [-0.2, 0) is 4.74 Å². The van der Waals surface area contributed by atoms with E-state index in [9.17, 15) is 24.5 Å². The van der Waals surface area contributed by atoms with Crippen molar-refractivity contribution in [3.63, 3.8) is 0 Å². The molecule has 1 heterocycles. The van der Waals surface area contributed by atoms with Crippen LogP contribution in [0.1, 0.15) is 39.0 Å². The van der Waals surface area contributed by atoms with Crippen LogP contribution in [-0.4, -0.2) is 30.5 Å². The van der Waals surface area contributed by atoms with Gasteiger partial charge in [0.1, 0.15) is 22.8 Å². The van der Waals surface area contributed by atoms with Gasteiger partial charge in [-0.05, 0) is 49.4 Å². The van der Waals surface area contributed by atoms with Crippen LogP contribution >= 0.6 is 0 Å². The van der Waals surface area contributed by atoms with Crippen LogP contribution in [0, 0.1) is 10.1 Å². The fourth-order valence-corrected chi connectivity index (χ4v) is 2.97. The quantitative estimate of drug-likeness (QED) is 0.298. The Bertz CT molecular complexity index is 1310. The molecule has 1 amide bonds. The van der Waals surface area contributed by atoms with Crippen LogP contribution in [0.5, 0.6) is 5.75 Å². The Morgan fingerprint density at radius 2 is 1.85 bits per heavy atom. The fraction of sp³-hybridized carbons (Fsp3) is 0.125. The lowest BCUT2D eigenvalue weighted by atomic mass is 10.1. The molecular weight excluding hydrogens is 444 g/mol. The van der Waals surface area contributed by atoms with Crippen molar-refractivity contribution in [3.8, 4) is 5.75 Å². The van der Waals surface area contributed by atoms with Crippen molar-refractivity contribution in [2.24, 2.45) is 0 Å². The molecule has 1 aromatic heterocycles. The van der Waals surface area contributed by atoms with E-state index in [0.717, 1.165) is 6.07 Å². The molecule has 10 nitrogen and oxygen atoms in total. The minimum atomic E-state index is -0.919. The lowest BCUT2D eigenvalue weighted by molar-refractivity contribution is -0.385. The average molecular weight is 464 g/mol. The highest BCUT2D eigenvalue weighted by atomic mass is 16.6. The molecule has 0 atom stereocenters. The number of benzene rings is 2. The van der Waals surface area contributed by atoms with Crippen LogP contribution in [0.4, 0.5) is 11.4 Å². The fourth-order valence-electron chi connectivity index (χ4n) is 2.97. The van der Waals surface area contributed by atoms with E-state index in [1.807, 2.05) is 0 Å². The van der Waals surface area contributed by atoms with Gasteiger partial charge in [-0.3, -0.25) is 14.9 Å². The number of amides is 1. The zero-order valence-corrected chi connectivity index (χ0v) is 18.3. The number of anilines is 1. The standard InChI is InChI=1S/C24H20N2O8/c1-3-33-23(28)18-14-19(25-22(27)15-7-5-4-6-8-15)24(29)34-21(18)12-9-16-13-17(32-2)10-11-20(16)26(30)31/h4-14H,3H2,1-2H3,(H,25,27)/b12-9+. The molecule has 0 aliphatic heterocycles. The van der Waals surface area contributed by atoms with E-state index in [-0.39, 0.29) is 34.9 Å². The molecule has 0 bridgehead atoms. The third-order valence-corrected chi connectivity index (χ3v) is 4.60. The van der Waals surface area contributed by atoms with Crippen molar-refractivity contribution in [1.82, 2.24) is 0 Å². The van der Waals surface area contributed by atoms with E-state index in [4.69, 9.17) is 13.9 Å². The summed E-state index contributed by atoms with van der Waals surface area (Å²) < 4.78 is 15.4. The predicted octanol–water partition coefficient (Wildman–Crippen LogP) is 4.16. The van der Waals surface area contributed by atoms with Crippen molar-refractivity contribution in [2.75, 3.05) is 19.0 Å². The Kier molecular flexibility index (Phi) is 7.55. The highest BCUT2D eigenvalue weighted by Crippen LogP contribution is 2.26. The first-order chi connectivity index (χ1) is 16.3. The van der Waals surface area contributed by atoms with Crippen molar-refractivity contribution >= 4 is 35.4 Å². The van der Waals surface area contributed by atoms with Crippen molar-refractivity contribution < 1.29 is 28.4 Å². The van der Waals surface area contributed by atoms with Crippen LogP contribution < -0.4 is 15.7 Å². The smallest absolute Gasteiger partial charge is 0.360 e. The van der Waals surface area contributed by atoms with Gasteiger partial charge < -0.3 is 19.2 Å². The second kappa shape index (κ2) is 10.7. The maximum absolute atomic E-state index is 12.5. The van der Waals surface area contributed by atoms with Crippen LogP contribution in [0.3, 0.4) is 0 Å². The van der Waals surface area contributed by atoms with Gasteiger partial charge in [0.2, 0.25) is 0 Å². The number of nitrogens with one attached hydrogen (secondary N) is 1. The number of ether oxygens (including phenoxy) is 2. The molecule has 34 heavy (non-hydrogen) atoms. The second-order valence-corrected chi connectivity index (χ2v) is 6.78. The summed E-state index contributed by atoms with van der Waals surface area (Å²) in [4.78, 5) is 48.3. The summed E-state index contributed by atoms with van der Waals surface area (Å²) >= 11 is 0. The van der Waals surface area contributed by atoms with Crippen LogP contribution in [0.2, 0.25) is 0 Å². The summed E-state index contributed by atoms with van der Waals surface area (Å²) in [7, 11) is 1.41. The summed E-state index contributed by atoms with van der Waals surface area (Å²) in [6.07, 6.45) is 2.54. The summed E-state index contributed by atoms with van der Waals surface area (Å²) in [5, 5.41) is 13.8. The van der Waals surface area contributed by atoms with Gasteiger partial charge in [-0.15, -0.1) is 0 Å². The monoisotopic (exact) mass is 464 g/mol. The summed E-state index contributed by atoms with van der Waals surface area (Å²) in [5.41, 5.74) is -1.09. The summed E-state index contributed by atoms with van der Waals surface area (Å²) in [6, 6.07) is 13.4. The van der Waals surface area contributed by atoms with Gasteiger partial charge in [0, 0.05) is 11.6 Å². The number of hydrogen-bond acceptors (Lipinski definition) is 8. The average Bonchev–Trinajstić information content (AvgIpc) is 2.84. The van der Waals surface area contributed by atoms with E-state index in [2.05, 4.69) is 5.32 Å². The summed E-state index contributed by atoms with van der Waals surface area (Å²) in [6.45, 7) is 1.65. The Morgan fingerprint density at radius 3 is 2.50 bits per heavy atom. The first kappa shape index (κ1) is 23.9. The minimum Gasteiger partial charge on any atom is -0.497 e. The van der Waals surface area contributed by atoms with Crippen molar-refractivity contribution in [3.05, 3.63) is 97.6 Å². The Morgan fingerprint density at radius 1 is 1.12 bits per heavy atom. The molecule has 10 heteroatoms. The van der Waals surface area contributed by atoms with Gasteiger partial charge in [0.15, 0.2) is 0 Å². The minimum absolute atomic E-state index is 0.0498. The molecule has 1 N–H and O–H groups in total. The molecule has 0 spiro atoms. The lowest BCUT2D eigenvalue weighted by Crippen LogP contribution is -2.20. The van der Waals surface area contributed by atoms with E-state index in [1.54, 1.807) is 37.3 Å². The normalized spacial score (nSPS) is 10.6. The zero-order valence-electron chi connectivity index (χ0n) is 18.3. The zero-order chi connectivity index (χ0) is 24.7. The van der Waals surface area contributed by atoms with Crippen molar-refractivity contribution in [1.29, 1.82) is 0 Å². The van der Waals surface area contributed by atoms with E-state index in [1.165, 1.54) is 37.5 Å². The maximum Gasteiger partial charge on any atom is 0.360 e. The molecule has 0 unspecified atom stereocenters. The predicted molar refractivity (Wildman–Crippen MR) is 124 cm³/mol.